The molecule has 2 aromatic rings. The highest BCUT2D eigenvalue weighted by molar-refractivity contribution is 5.92. The molecular formula is C19H24N4O2. The quantitative estimate of drug-likeness (QED) is 0.904. The number of hydrogen-bond donors (Lipinski definition) is 1. The third-order valence-corrected chi connectivity index (χ3v) is 4.47. The SMILES string of the molecule is COc1ccc(NC(=O)CN2CCN(c3cnccc3C)CC2)cc1. The number of nitrogens with one attached hydrogen (secondary N) is 1. The maximum atomic E-state index is 12.2. The third kappa shape index (κ3) is 4.48. The van der Waals surface area contributed by atoms with Gasteiger partial charge in [0.1, 0.15) is 5.75 Å². The molecule has 0 aliphatic carbocycles. The molecule has 0 spiro atoms. The summed E-state index contributed by atoms with van der Waals surface area (Å²) in [5.74, 6) is 0.788. The topological polar surface area (TPSA) is 57.7 Å². The van der Waals surface area contributed by atoms with E-state index in [0.29, 0.717) is 6.54 Å². The minimum absolute atomic E-state index is 0.0103. The smallest absolute Gasteiger partial charge is 0.238 e. The highest BCUT2D eigenvalue weighted by Crippen LogP contribution is 2.19. The van der Waals surface area contributed by atoms with Crippen molar-refractivity contribution in [2.75, 3.05) is 50.1 Å². The first kappa shape index (κ1) is 17.2. The number of benzene rings is 1. The van der Waals surface area contributed by atoms with Crippen LogP contribution in [0, 0.1) is 6.92 Å². The average Bonchev–Trinajstić information content (AvgIpc) is 2.63. The number of carbonyl (C=O) groups is 1. The number of aromatic nitrogens is 1. The van der Waals surface area contributed by atoms with Crippen LogP contribution in [0.15, 0.2) is 42.7 Å². The second kappa shape index (κ2) is 7.98. The predicted molar refractivity (Wildman–Crippen MR) is 99.3 cm³/mol. The Balaban J connectivity index is 1.48. The summed E-state index contributed by atoms with van der Waals surface area (Å²) in [5.41, 5.74) is 3.21. The lowest BCUT2D eigenvalue weighted by Gasteiger charge is -2.36. The fourth-order valence-electron chi connectivity index (χ4n) is 3.01. The molecule has 2 heterocycles. The van der Waals surface area contributed by atoms with Crippen molar-refractivity contribution in [2.24, 2.45) is 0 Å². The molecule has 1 aliphatic heterocycles. The average molecular weight is 340 g/mol. The molecule has 1 N–H and O–H groups in total. The van der Waals surface area contributed by atoms with Gasteiger partial charge in [0.15, 0.2) is 0 Å². The van der Waals surface area contributed by atoms with Crippen LogP contribution in [0.5, 0.6) is 5.75 Å². The van der Waals surface area contributed by atoms with E-state index in [4.69, 9.17) is 4.74 Å². The number of aryl methyl sites for hydroxylation is 1. The number of hydrogen-bond acceptors (Lipinski definition) is 5. The minimum Gasteiger partial charge on any atom is -0.497 e. The van der Waals surface area contributed by atoms with Crippen molar-refractivity contribution >= 4 is 17.3 Å². The molecule has 1 aromatic carbocycles. The number of pyridine rings is 1. The standard InChI is InChI=1S/C19H24N4O2/c1-15-7-8-20-13-18(15)23-11-9-22(10-12-23)14-19(24)21-16-3-5-17(25-2)6-4-16/h3-8,13H,9-12,14H2,1-2H3,(H,21,24). The van der Waals surface area contributed by atoms with E-state index < -0.39 is 0 Å². The van der Waals surface area contributed by atoms with E-state index in [-0.39, 0.29) is 5.91 Å². The molecule has 1 amide bonds. The Kier molecular flexibility index (Phi) is 5.50. The van der Waals surface area contributed by atoms with Crippen molar-refractivity contribution in [2.45, 2.75) is 6.92 Å². The van der Waals surface area contributed by atoms with Gasteiger partial charge in [-0.15, -0.1) is 0 Å². The zero-order valence-electron chi connectivity index (χ0n) is 14.7. The molecule has 6 nitrogen and oxygen atoms in total. The number of rotatable bonds is 5. The Morgan fingerprint density at radius 1 is 1.16 bits per heavy atom. The van der Waals surface area contributed by atoms with Crippen LogP contribution in [0.3, 0.4) is 0 Å². The van der Waals surface area contributed by atoms with E-state index in [1.165, 1.54) is 11.3 Å². The molecule has 6 heteroatoms. The zero-order valence-corrected chi connectivity index (χ0v) is 14.7. The van der Waals surface area contributed by atoms with Crippen LogP contribution in [0.1, 0.15) is 5.56 Å². The first-order valence-corrected chi connectivity index (χ1v) is 8.47. The normalized spacial score (nSPS) is 15.0. The van der Waals surface area contributed by atoms with Crippen molar-refractivity contribution < 1.29 is 9.53 Å². The number of amides is 1. The monoisotopic (exact) mass is 340 g/mol. The Hall–Kier alpha value is -2.60. The van der Waals surface area contributed by atoms with E-state index >= 15 is 0 Å². The van der Waals surface area contributed by atoms with Gasteiger partial charge in [0, 0.05) is 38.1 Å². The van der Waals surface area contributed by atoms with E-state index in [0.717, 1.165) is 37.6 Å². The first-order valence-electron chi connectivity index (χ1n) is 8.47. The lowest BCUT2D eigenvalue weighted by molar-refractivity contribution is -0.117. The van der Waals surface area contributed by atoms with Gasteiger partial charge in [-0.2, -0.15) is 0 Å². The van der Waals surface area contributed by atoms with E-state index in [2.05, 4.69) is 27.0 Å². The molecule has 0 radical (unpaired) electrons. The van der Waals surface area contributed by atoms with Crippen molar-refractivity contribution in [3.63, 3.8) is 0 Å². The van der Waals surface area contributed by atoms with Crippen LogP contribution in [0.25, 0.3) is 0 Å². The van der Waals surface area contributed by atoms with Gasteiger partial charge in [0.2, 0.25) is 5.91 Å². The highest BCUT2D eigenvalue weighted by Gasteiger charge is 2.20. The summed E-state index contributed by atoms with van der Waals surface area (Å²) in [6.07, 6.45) is 3.74. The van der Waals surface area contributed by atoms with Crippen LogP contribution < -0.4 is 15.0 Å². The molecule has 1 saturated heterocycles. The number of nitrogens with zero attached hydrogens (tertiary/aromatic N) is 3. The second-order valence-corrected chi connectivity index (χ2v) is 6.20. The summed E-state index contributed by atoms with van der Waals surface area (Å²) in [5, 5.41) is 2.93. The highest BCUT2D eigenvalue weighted by atomic mass is 16.5. The number of anilines is 2. The van der Waals surface area contributed by atoms with E-state index in [1.54, 1.807) is 7.11 Å². The summed E-state index contributed by atoms with van der Waals surface area (Å²) in [7, 11) is 1.63. The van der Waals surface area contributed by atoms with Crippen molar-refractivity contribution in [3.05, 3.63) is 48.3 Å². The zero-order chi connectivity index (χ0) is 17.6. The molecule has 3 rings (SSSR count). The molecule has 1 fully saturated rings. The Bertz CT molecular complexity index is 710. The van der Waals surface area contributed by atoms with Gasteiger partial charge in [-0.3, -0.25) is 14.7 Å². The Morgan fingerprint density at radius 3 is 2.52 bits per heavy atom. The van der Waals surface area contributed by atoms with Gasteiger partial charge in [0.05, 0.1) is 25.5 Å². The molecular weight excluding hydrogens is 316 g/mol. The summed E-state index contributed by atoms with van der Waals surface area (Å²) >= 11 is 0. The molecule has 0 bridgehead atoms. The summed E-state index contributed by atoms with van der Waals surface area (Å²) in [6, 6.07) is 9.40. The van der Waals surface area contributed by atoms with E-state index in [9.17, 15) is 4.79 Å². The predicted octanol–water partition coefficient (Wildman–Crippen LogP) is 2.16. The molecule has 0 saturated carbocycles. The fraction of sp³-hybridized carbons (Fsp3) is 0.368. The van der Waals surface area contributed by atoms with Crippen molar-refractivity contribution in [1.82, 2.24) is 9.88 Å². The third-order valence-electron chi connectivity index (χ3n) is 4.47. The first-order chi connectivity index (χ1) is 12.2. The van der Waals surface area contributed by atoms with Gasteiger partial charge >= 0.3 is 0 Å². The van der Waals surface area contributed by atoms with Gasteiger partial charge in [-0.05, 0) is 42.8 Å². The van der Waals surface area contributed by atoms with Gasteiger partial charge in [-0.25, -0.2) is 0 Å². The maximum absolute atomic E-state index is 12.2. The lowest BCUT2D eigenvalue weighted by atomic mass is 10.2. The maximum Gasteiger partial charge on any atom is 0.238 e. The van der Waals surface area contributed by atoms with Crippen LogP contribution >= 0.6 is 0 Å². The van der Waals surface area contributed by atoms with Gasteiger partial charge < -0.3 is 15.0 Å². The number of ether oxygens (including phenoxy) is 1. The Morgan fingerprint density at radius 2 is 1.88 bits per heavy atom. The molecule has 1 aliphatic rings. The van der Waals surface area contributed by atoms with Gasteiger partial charge in [0.25, 0.3) is 0 Å². The van der Waals surface area contributed by atoms with Crippen LogP contribution in [0.4, 0.5) is 11.4 Å². The molecule has 1 aromatic heterocycles. The van der Waals surface area contributed by atoms with Gasteiger partial charge in [-0.1, -0.05) is 0 Å². The van der Waals surface area contributed by atoms with Crippen LogP contribution in [0.2, 0.25) is 0 Å². The fourth-order valence-corrected chi connectivity index (χ4v) is 3.01. The molecule has 0 unspecified atom stereocenters. The minimum atomic E-state index is 0.0103. The largest absolute Gasteiger partial charge is 0.497 e. The van der Waals surface area contributed by atoms with Crippen LogP contribution in [-0.4, -0.2) is 55.6 Å². The van der Waals surface area contributed by atoms with Crippen LogP contribution in [-0.2, 0) is 4.79 Å². The Labute approximate surface area is 148 Å². The van der Waals surface area contributed by atoms with Crippen molar-refractivity contribution in [3.8, 4) is 5.75 Å². The number of carbonyl (C=O) groups excluding carboxylic acids is 1. The summed E-state index contributed by atoms with van der Waals surface area (Å²) in [6.45, 7) is 6.05. The number of piperazine rings is 1. The van der Waals surface area contributed by atoms with Crippen molar-refractivity contribution in [1.29, 1.82) is 0 Å². The lowest BCUT2D eigenvalue weighted by Crippen LogP contribution is -2.48. The molecule has 132 valence electrons. The molecule has 0 atom stereocenters. The summed E-state index contributed by atoms with van der Waals surface area (Å²) < 4.78 is 5.12. The molecule has 25 heavy (non-hydrogen) atoms. The van der Waals surface area contributed by atoms with E-state index in [1.807, 2.05) is 42.7 Å². The second-order valence-electron chi connectivity index (χ2n) is 6.20. The number of methoxy groups -OCH3 is 1. The summed E-state index contributed by atoms with van der Waals surface area (Å²) in [4.78, 5) is 21.0.